The van der Waals surface area contributed by atoms with Crippen LogP contribution in [0.25, 0.3) is 0 Å². The third kappa shape index (κ3) is 1.11. The molecule has 0 spiro atoms. The molecule has 56 valence electrons. The Hall–Kier alpha value is -1.31. The van der Waals surface area contributed by atoms with Gasteiger partial charge in [0.25, 0.3) is 0 Å². The molecule has 11 heavy (non-hydrogen) atoms. The topological polar surface area (TPSA) is 35.9 Å². The van der Waals surface area contributed by atoms with Gasteiger partial charge in [-0.15, -0.1) is 0 Å². The fraction of sp³-hybridized carbons (Fsp3) is 0.222. The van der Waals surface area contributed by atoms with Crippen LogP contribution in [0.15, 0.2) is 24.3 Å². The zero-order valence-electron chi connectivity index (χ0n) is 6.22. The second-order valence-electron chi connectivity index (χ2n) is 2.79. The molecule has 0 saturated carbocycles. The first kappa shape index (κ1) is 6.40. The average Bonchev–Trinajstić information content (AvgIpc) is 2.04. The van der Waals surface area contributed by atoms with Crippen molar-refractivity contribution < 1.29 is 0 Å². The van der Waals surface area contributed by atoms with E-state index in [-0.39, 0.29) is 0 Å². The number of nitrogens with one attached hydrogen (secondary N) is 2. The molecular formula is C9H10N2. The first-order valence-corrected chi connectivity index (χ1v) is 3.74. The van der Waals surface area contributed by atoms with Crippen LogP contribution in [0.3, 0.4) is 0 Å². The van der Waals surface area contributed by atoms with Crippen LogP contribution in [-0.4, -0.2) is 12.3 Å². The molecule has 2 heteroatoms. The summed E-state index contributed by atoms with van der Waals surface area (Å²) in [5.74, 6) is 0. The van der Waals surface area contributed by atoms with Gasteiger partial charge in [0.15, 0.2) is 0 Å². The van der Waals surface area contributed by atoms with Gasteiger partial charge in [-0.05, 0) is 11.6 Å². The van der Waals surface area contributed by atoms with E-state index in [2.05, 4.69) is 17.4 Å². The summed E-state index contributed by atoms with van der Waals surface area (Å²) in [6, 6.07) is 8.15. The van der Waals surface area contributed by atoms with E-state index in [4.69, 9.17) is 5.41 Å². The lowest BCUT2D eigenvalue weighted by atomic mass is 10.0. The third-order valence-electron chi connectivity index (χ3n) is 1.91. The van der Waals surface area contributed by atoms with Gasteiger partial charge in [-0.2, -0.15) is 0 Å². The standard InChI is InChI=1S/C9H10N2/c10-8-5-7-3-1-2-4-9(7)11-6-8/h1-4,10-11H,5-6H2. The van der Waals surface area contributed by atoms with Crippen molar-refractivity contribution in [2.24, 2.45) is 0 Å². The van der Waals surface area contributed by atoms with Gasteiger partial charge in [0.05, 0.1) is 6.54 Å². The van der Waals surface area contributed by atoms with Gasteiger partial charge in [-0.25, -0.2) is 0 Å². The molecule has 0 fully saturated rings. The Balaban J connectivity index is 2.41. The minimum absolute atomic E-state index is 0.705. The molecule has 1 aliphatic rings. The van der Waals surface area contributed by atoms with Gasteiger partial charge in [0.2, 0.25) is 0 Å². The summed E-state index contributed by atoms with van der Waals surface area (Å²) in [4.78, 5) is 0. The molecular weight excluding hydrogens is 136 g/mol. The summed E-state index contributed by atoms with van der Waals surface area (Å²) >= 11 is 0. The summed E-state index contributed by atoms with van der Waals surface area (Å²) in [6.45, 7) is 0.705. The summed E-state index contributed by atoms with van der Waals surface area (Å²) < 4.78 is 0. The highest BCUT2D eigenvalue weighted by Gasteiger charge is 2.09. The first-order chi connectivity index (χ1) is 5.36. The van der Waals surface area contributed by atoms with Crippen molar-refractivity contribution in [3.63, 3.8) is 0 Å². The maximum Gasteiger partial charge on any atom is 0.0530 e. The molecule has 1 aromatic carbocycles. The Morgan fingerprint density at radius 1 is 1.27 bits per heavy atom. The van der Waals surface area contributed by atoms with Crippen LogP contribution >= 0.6 is 0 Å². The van der Waals surface area contributed by atoms with Crippen molar-refractivity contribution in [2.45, 2.75) is 6.42 Å². The summed E-state index contributed by atoms with van der Waals surface area (Å²) in [5, 5.41) is 10.6. The molecule has 0 unspecified atom stereocenters. The van der Waals surface area contributed by atoms with Crippen LogP contribution in [0, 0.1) is 5.41 Å². The minimum atomic E-state index is 0.705. The molecule has 0 radical (unpaired) electrons. The van der Waals surface area contributed by atoms with E-state index in [1.165, 1.54) is 11.3 Å². The second-order valence-corrected chi connectivity index (χ2v) is 2.79. The van der Waals surface area contributed by atoms with Crippen molar-refractivity contribution in [1.29, 1.82) is 5.41 Å². The smallest absolute Gasteiger partial charge is 0.0530 e. The summed E-state index contributed by atoms with van der Waals surface area (Å²) in [6.07, 6.45) is 0.809. The lowest BCUT2D eigenvalue weighted by Crippen LogP contribution is -2.21. The molecule has 1 heterocycles. The fourth-order valence-electron chi connectivity index (χ4n) is 1.34. The molecule has 1 aromatic rings. The van der Waals surface area contributed by atoms with Gasteiger partial charge in [-0.3, -0.25) is 0 Å². The predicted octanol–water partition coefficient (Wildman–Crippen LogP) is 1.67. The molecule has 2 rings (SSSR count). The van der Waals surface area contributed by atoms with Crippen LogP contribution in [0.1, 0.15) is 5.56 Å². The Bertz CT molecular complexity index is 291. The van der Waals surface area contributed by atoms with Crippen molar-refractivity contribution in [3.05, 3.63) is 29.8 Å². The third-order valence-corrected chi connectivity index (χ3v) is 1.91. The molecule has 2 N–H and O–H groups in total. The van der Waals surface area contributed by atoms with Crippen molar-refractivity contribution in [3.8, 4) is 0 Å². The van der Waals surface area contributed by atoms with E-state index in [1.54, 1.807) is 0 Å². The Kier molecular flexibility index (Phi) is 1.39. The molecule has 0 saturated heterocycles. The Morgan fingerprint density at radius 3 is 3.00 bits per heavy atom. The largest absolute Gasteiger partial charge is 0.380 e. The fourth-order valence-corrected chi connectivity index (χ4v) is 1.34. The van der Waals surface area contributed by atoms with E-state index in [0.29, 0.717) is 6.54 Å². The highest BCUT2D eigenvalue weighted by atomic mass is 14.9. The molecule has 0 aromatic heterocycles. The normalized spacial score (nSPS) is 15.5. The molecule has 0 amide bonds. The zero-order chi connectivity index (χ0) is 7.68. The Labute approximate surface area is 65.8 Å². The predicted molar refractivity (Wildman–Crippen MR) is 46.4 cm³/mol. The lowest BCUT2D eigenvalue weighted by Gasteiger charge is -2.17. The summed E-state index contributed by atoms with van der Waals surface area (Å²) in [7, 11) is 0. The van der Waals surface area contributed by atoms with Crippen LogP contribution in [0.5, 0.6) is 0 Å². The molecule has 2 nitrogen and oxygen atoms in total. The van der Waals surface area contributed by atoms with Crippen LogP contribution in [-0.2, 0) is 6.42 Å². The zero-order valence-corrected chi connectivity index (χ0v) is 6.22. The van der Waals surface area contributed by atoms with Gasteiger partial charge in [0.1, 0.15) is 0 Å². The van der Waals surface area contributed by atoms with Gasteiger partial charge >= 0.3 is 0 Å². The highest BCUT2D eigenvalue weighted by molar-refractivity contribution is 5.91. The first-order valence-electron chi connectivity index (χ1n) is 3.74. The van der Waals surface area contributed by atoms with Crippen LogP contribution in [0.4, 0.5) is 5.69 Å². The lowest BCUT2D eigenvalue weighted by molar-refractivity contribution is 1.15. The van der Waals surface area contributed by atoms with E-state index in [9.17, 15) is 0 Å². The van der Waals surface area contributed by atoms with Gasteiger partial charge in [-0.1, -0.05) is 18.2 Å². The van der Waals surface area contributed by atoms with Crippen LogP contribution < -0.4 is 5.32 Å². The molecule has 0 bridgehead atoms. The number of rotatable bonds is 0. The van der Waals surface area contributed by atoms with Gasteiger partial charge < -0.3 is 10.7 Å². The monoisotopic (exact) mass is 146 g/mol. The number of fused-ring (bicyclic) bond motifs is 1. The quantitative estimate of drug-likeness (QED) is 0.574. The number of anilines is 1. The SMILES string of the molecule is N=C1CNc2ccccc2C1. The van der Waals surface area contributed by atoms with Crippen molar-refractivity contribution >= 4 is 11.4 Å². The maximum absolute atomic E-state index is 7.46. The molecule has 0 aliphatic carbocycles. The van der Waals surface area contributed by atoms with E-state index in [1.807, 2.05) is 12.1 Å². The Morgan fingerprint density at radius 2 is 2.09 bits per heavy atom. The van der Waals surface area contributed by atoms with Crippen molar-refractivity contribution in [2.75, 3.05) is 11.9 Å². The molecule has 1 aliphatic heterocycles. The highest BCUT2D eigenvalue weighted by Crippen LogP contribution is 2.18. The number of para-hydroxylation sites is 1. The van der Waals surface area contributed by atoms with E-state index >= 15 is 0 Å². The van der Waals surface area contributed by atoms with Crippen LogP contribution in [0.2, 0.25) is 0 Å². The second kappa shape index (κ2) is 2.38. The molecule has 0 atom stereocenters. The van der Waals surface area contributed by atoms with Gasteiger partial charge in [0, 0.05) is 17.8 Å². The number of hydrogen-bond donors (Lipinski definition) is 2. The van der Waals surface area contributed by atoms with E-state index < -0.39 is 0 Å². The maximum atomic E-state index is 7.46. The number of benzene rings is 1. The summed E-state index contributed by atoms with van der Waals surface area (Å²) in [5.41, 5.74) is 3.19. The number of hydrogen-bond acceptors (Lipinski definition) is 2. The van der Waals surface area contributed by atoms with Crippen molar-refractivity contribution in [1.82, 2.24) is 0 Å². The average molecular weight is 146 g/mol. The minimum Gasteiger partial charge on any atom is -0.380 e. The van der Waals surface area contributed by atoms with E-state index in [0.717, 1.165) is 12.1 Å².